The zero-order chi connectivity index (χ0) is 38.5. The van der Waals surface area contributed by atoms with E-state index in [0.717, 1.165) is 43.1 Å². The Kier molecular flexibility index (Phi) is 10.2. The summed E-state index contributed by atoms with van der Waals surface area (Å²) in [5, 5.41) is 14.4. The van der Waals surface area contributed by atoms with Gasteiger partial charge in [-0.1, -0.05) is 85.8 Å². The van der Waals surface area contributed by atoms with E-state index in [2.05, 4.69) is 30.4 Å². The van der Waals surface area contributed by atoms with Crippen LogP contribution in [0.3, 0.4) is 0 Å². The van der Waals surface area contributed by atoms with Crippen LogP contribution in [0.1, 0.15) is 50.2 Å². The lowest BCUT2D eigenvalue weighted by molar-refractivity contribution is -0.129. The van der Waals surface area contributed by atoms with Crippen LogP contribution in [-0.2, 0) is 14.3 Å². The van der Waals surface area contributed by atoms with Gasteiger partial charge in [-0.05, 0) is 30.5 Å². The molecule has 6 aromatic rings. The zero-order valence-corrected chi connectivity index (χ0v) is 29.7. The molecule has 7 rings (SSSR count). The molecule has 2 heterocycles. The number of hydrogen-bond acceptors (Lipinski definition) is 12. The molecular weight excluding hydrogens is 704 g/mol. The van der Waals surface area contributed by atoms with E-state index in [1.165, 1.54) is 12.1 Å². The summed E-state index contributed by atoms with van der Waals surface area (Å²) >= 11 is 0. The number of esters is 4. The zero-order valence-electron chi connectivity index (χ0n) is 29.7. The molecule has 14 nitrogen and oxygen atoms in total. The van der Waals surface area contributed by atoms with Crippen molar-refractivity contribution in [2.24, 2.45) is 5.92 Å². The van der Waals surface area contributed by atoms with E-state index in [1.54, 1.807) is 24.3 Å². The Bertz CT molecular complexity index is 2490. The van der Waals surface area contributed by atoms with Gasteiger partial charge in [-0.3, -0.25) is 10.2 Å². The van der Waals surface area contributed by atoms with Gasteiger partial charge in [0.25, 0.3) is 0 Å². The fourth-order valence-corrected chi connectivity index (χ4v) is 5.84. The van der Waals surface area contributed by atoms with Gasteiger partial charge in [0.05, 0.1) is 25.4 Å². The van der Waals surface area contributed by atoms with E-state index >= 15 is 0 Å². The van der Waals surface area contributed by atoms with E-state index < -0.39 is 23.9 Å². The first-order valence-corrected chi connectivity index (χ1v) is 17.0. The fraction of sp³-hybridized carbons (Fsp3) is 0.122. The van der Waals surface area contributed by atoms with Crippen molar-refractivity contribution < 1.29 is 38.1 Å². The number of aromatic nitrogens is 6. The average molecular weight is 737 g/mol. The molecule has 55 heavy (non-hydrogen) atoms. The van der Waals surface area contributed by atoms with E-state index in [1.807, 2.05) is 67.6 Å². The molecule has 14 heteroatoms. The molecule has 0 amide bonds. The Hall–Kier alpha value is -7.48. The van der Waals surface area contributed by atoms with Crippen LogP contribution in [0.2, 0.25) is 0 Å². The van der Waals surface area contributed by atoms with Crippen molar-refractivity contribution in [3.63, 3.8) is 0 Å². The van der Waals surface area contributed by atoms with Gasteiger partial charge in [-0.15, -0.1) is 0 Å². The lowest BCUT2D eigenvalue weighted by Gasteiger charge is -2.19. The molecule has 0 aliphatic heterocycles. The molecule has 2 N–H and O–H groups in total. The van der Waals surface area contributed by atoms with E-state index in [-0.39, 0.29) is 39.7 Å². The summed E-state index contributed by atoms with van der Waals surface area (Å²) in [6.45, 7) is 1.99. The topological polar surface area (TPSA) is 188 Å². The van der Waals surface area contributed by atoms with Crippen molar-refractivity contribution in [1.82, 2.24) is 30.4 Å². The van der Waals surface area contributed by atoms with E-state index in [9.17, 15) is 19.2 Å². The number of nitrogens with zero attached hydrogens (tertiary/aromatic N) is 4. The summed E-state index contributed by atoms with van der Waals surface area (Å²) in [4.78, 5) is 62.3. The highest BCUT2D eigenvalue weighted by molar-refractivity contribution is 6.02. The molecule has 2 aromatic heterocycles. The summed E-state index contributed by atoms with van der Waals surface area (Å²) < 4.78 is 21.3. The molecule has 4 aromatic carbocycles. The number of nitrogens with one attached hydrogen (secondary N) is 2. The first-order chi connectivity index (χ1) is 26.7. The molecule has 274 valence electrons. The average Bonchev–Trinajstić information content (AvgIpc) is 3.93. The Morgan fingerprint density at radius 1 is 0.618 bits per heavy atom. The molecule has 0 saturated heterocycles. The van der Waals surface area contributed by atoms with E-state index in [4.69, 9.17) is 18.9 Å². The van der Waals surface area contributed by atoms with Crippen LogP contribution in [0.25, 0.3) is 39.7 Å². The first-order valence-electron chi connectivity index (χ1n) is 17.0. The maximum Gasteiger partial charge on any atom is 0.343 e. The van der Waals surface area contributed by atoms with Crippen molar-refractivity contribution in [3.8, 4) is 45.7 Å². The quantitative estimate of drug-likeness (QED) is 0.112. The molecule has 0 saturated carbocycles. The maximum absolute atomic E-state index is 13.6. The number of allylic oxidation sites excluding steroid dienone is 2. The number of carbonyl (C=O) groups is 4. The molecule has 1 atom stereocenters. The number of aromatic amines is 2. The molecule has 0 fully saturated rings. The monoisotopic (exact) mass is 736 g/mol. The number of hydrogen-bond donors (Lipinski definition) is 2. The van der Waals surface area contributed by atoms with Gasteiger partial charge in [0.1, 0.15) is 22.6 Å². The molecule has 1 aliphatic carbocycles. The normalized spacial score (nSPS) is 13.6. The number of H-pyrrole nitrogens is 2. The van der Waals surface area contributed by atoms with Gasteiger partial charge >= 0.3 is 23.9 Å². The summed E-state index contributed by atoms with van der Waals surface area (Å²) in [5.41, 5.74) is 2.60. The van der Waals surface area contributed by atoms with Gasteiger partial charge in [0.2, 0.25) is 0 Å². The lowest BCUT2D eigenvalue weighted by atomic mass is 9.89. The summed E-state index contributed by atoms with van der Waals surface area (Å²) in [6, 6.07) is 27.4. The number of rotatable bonds is 10. The molecule has 0 radical (unpaired) electrons. The molecule has 1 unspecified atom stereocenters. The van der Waals surface area contributed by atoms with Crippen LogP contribution in [0.15, 0.2) is 115 Å². The molecule has 1 aliphatic rings. The van der Waals surface area contributed by atoms with Crippen LogP contribution in [-0.4, -0.2) is 68.5 Å². The maximum atomic E-state index is 13.6. The number of ether oxygens (including phenoxy) is 4. The third-order valence-corrected chi connectivity index (χ3v) is 8.75. The highest BCUT2D eigenvalue weighted by Crippen LogP contribution is 2.35. The van der Waals surface area contributed by atoms with Crippen LogP contribution in [0.4, 0.5) is 0 Å². The highest BCUT2D eigenvalue weighted by atomic mass is 16.6. The van der Waals surface area contributed by atoms with Gasteiger partial charge in [-0.2, -0.15) is 10.2 Å². The SMILES string of the molecule is COC(=O)c1cc(OC(=O)c2cccc(-c3nc(-c4ccccc4)n[nH]3)c2)c(C(=O)OC)cc1OC(=O)C1=CCC(C)C(c2nc(-c3ccccc3)n[nH]2)=C1. The summed E-state index contributed by atoms with van der Waals surface area (Å²) in [6.07, 6.45) is 3.82. The predicted molar refractivity (Wildman–Crippen MR) is 199 cm³/mol. The smallest absolute Gasteiger partial charge is 0.343 e. The van der Waals surface area contributed by atoms with Crippen molar-refractivity contribution in [1.29, 1.82) is 0 Å². The second kappa shape index (κ2) is 15.6. The van der Waals surface area contributed by atoms with Crippen LogP contribution < -0.4 is 9.47 Å². The third kappa shape index (κ3) is 7.69. The van der Waals surface area contributed by atoms with Crippen molar-refractivity contribution in [2.45, 2.75) is 13.3 Å². The van der Waals surface area contributed by atoms with Crippen LogP contribution >= 0.6 is 0 Å². The Morgan fingerprint density at radius 2 is 1.15 bits per heavy atom. The fourth-order valence-electron chi connectivity index (χ4n) is 5.84. The Labute approximate surface area is 313 Å². The molecule has 0 bridgehead atoms. The minimum atomic E-state index is -0.923. The molecular formula is C41H32N6O8. The molecule has 0 spiro atoms. The van der Waals surface area contributed by atoms with Gasteiger partial charge in [0.15, 0.2) is 23.3 Å². The minimum Gasteiger partial charge on any atom is -0.465 e. The van der Waals surface area contributed by atoms with E-state index in [0.29, 0.717) is 35.3 Å². The van der Waals surface area contributed by atoms with Gasteiger partial charge in [0, 0.05) is 34.4 Å². The number of carbonyl (C=O) groups excluding carboxylic acids is 4. The minimum absolute atomic E-state index is 0.0122. The van der Waals surface area contributed by atoms with Crippen LogP contribution in [0.5, 0.6) is 11.5 Å². The van der Waals surface area contributed by atoms with Crippen LogP contribution in [0, 0.1) is 5.92 Å². The Balaban J connectivity index is 1.15. The first kappa shape index (κ1) is 35.9. The summed E-state index contributed by atoms with van der Waals surface area (Å²) in [7, 11) is 2.26. The summed E-state index contributed by atoms with van der Waals surface area (Å²) in [5.74, 6) is -2.32. The Morgan fingerprint density at radius 3 is 1.73 bits per heavy atom. The second-order valence-corrected chi connectivity index (χ2v) is 12.3. The second-order valence-electron chi connectivity index (χ2n) is 12.3. The van der Waals surface area contributed by atoms with Crippen molar-refractivity contribution >= 4 is 29.5 Å². The third-order valence-electron chi connectivity index (χ3n) is 8.75. The largest absolute Gasteiger partial charge is 0.465 e. The standard InChI is InChI=1S/C41H32N6O8/c1-23-17-18-28(20-29(23)37-43-35(45-47-37)25-13-8-5-9-14-25)39(49)55-33-22-30(40(50)52-2)32(21-31(33)41(51)53-3)54-38(48)27-16-10-15-26(19-27)36-42-34(44-46-36)24-11-6-4-7-12-24/h4-16,18-23H,17H2,1-3H3,(H,42,44,46)(H,43,45,47). The van der Waals surface area contributed by atoms with Crippen molar-refractivity contribution in [2.75, 3.05) is 14.2 Å². The number of methoxy groups -OCH3 is 2. The van der Waals surface area contributed by atoms with Crippen molar-refractivity contribution in [3.05, 3.63) is 137 Å². The lowest BCUT2D eigenvalue weighted by Crippen LogP contribution is -2.18. The van der Waals surface area contributed by atoms with Gasteiger partial charge in [-0.25, -0.2) is 29.1 Å². The number of benzene rings is 4. The van der Waals surface area contributed by atoms with Gasteiger partial charge < -0.3 is 18.9 Å². The predicted octanol–water partition coefficient (Wildman–Crippen LogP) is 6.67. The highest BCUT2D eigenvalue weighted by Gasteiger charge is 2.28.